The average Bonchev–Trinajstić information content (AvgIpc) is 2.90. The standard InChI is InChI=1S/C24H32N6O2.CH4O/c1-16(2)22(25)21-20(17-13-26-24(27-14-17)30-8-10-32-11-9-30)12-19(15-31)29-23(21)28-18-6-4-3-5-7-18;1-2/h12-16,18,25H,3-11H2,1-2H3,(H,28,29);2H,1H3. The van der Waals surface area contributed by atoms with Gasteiger partial charge in [-0.05, 0) is 30.4 Å². The Kier molecular flexibility index (Phi) is 9.47. The summed E-state index contributed by atoms with van der Waals surface area (Å²) in [6.45, 7) is 6.88. The van der Waals surface area contributed by atoms with E-state index in [2.05, 4.69) is 25.2 Å². The number of anilines is 2. The SMILES string of the molecule is CC(C)C(=N)c1c(-c2cnc(N3CCOCC3)nc2)cc(C=O)nc1NC1CCCCC1.CO. The predicted octanol–water partition coefficient (Wildman–Crippen LogP) is 3.56. The molecular formula is C25H36N6O3. The third-order valence-corrected chi connectivity index (χ3v) is 6.20. The van der Waals surface area contributed by atoms with Gasteiger partial charge < -0.3 is 25.5 Å². The number of carbonyl (C=O) groups is 1. The number of aldehydes is 1. The summed E-state index contributed by atoms with van der Waals surface area (Å²) < 4.78 is 5.41. The normalized spacial score (nSPS) is 16.6. The number of nitrogens with one attached hydrogen (secondary N) is 2. The molecule has 1 aliphatic heterocycles. The van der Waals surface area contributed by atoms with Gasteiger partial charge in [-0.2, -0.15) is 0 Å². The molecule has 0 radical (unpaired) electrons. The molecule has 1 saturated carbocycles. The molecule has 1 saturated heterocycles. The van der Waals surface area contributed by atoms with E-state index in [9.17, 15) is 4.79 Å². The average molecular weight is 469 g/mol. The van der Waals surface area contributed by atoms with E-state index in [1.165, 1.54) is 19.3 Å². The van der Waals surface area contributed by atoms with Crippen LogP contribution in [0.25, 0.3) is 11.1 Å². The number of rotatable bonds is 7. The molecule has 2 fully saturated rings. The van der Waals surface area contributed by atoms with E-state index >= 15 is 0 Å². The van der Waals surface area contributed by atoms with Crippen LogP contribution in [0.15, 0.2) is 18.5 Å². The van der Waals surface area contributed by atoms with Crippen molar-refractivity contribution in [2.45, 2.75) is 52.0 Å². The summed E-state index contributed by atoms with van der Waals surface area (Å²) in [4.78, 5) is 27.6. The Balaban J connectivity index is 0.00000158. The smallest absolute Gasteiger partial charge is 0.225 e. The van der Waals surface area contributed by atoms with E-state index < -0.39 is 0 Å². The molecule has 3 N–H and O–H groups in total. The highest BCUT2D eigenvalue weighted by molar-refractivity contribution is 6.09. The molecule has 9 heteroatoms. The van der Waals surface area contributed by atoms with Crippen molar-refractivity contribution in [2.24, 2.45) is 5.92 Å². The summed E-state index contributed by atoms with van der Waals surface area (Å²) in [5.41, 5.74) is 3.11. The second-order valence-corrected chi connectivity index (χ2v) is 8.85. The van der Waals surface area contributed by atoms with E-state index in [0.29, 0.717) is 42.4 Å². The van der Waals surface area contributed by atoms with Gasteiger partial charge in [0.2, 0.25) is 5.95 Å². The number of aliphatic hydroxyl groups is 1. The van der Waals surface area contributed by atoms with Crippen LogP contribution in [-0.4, -0.2) is 71.5 Å². The number of aromatic nitrogens is 3. The molecule has 4 rings (SSSR count). The molecule has 2 aliphatic rings. The van der Waals surface area contributed by atoms with Gasteiger partial charge in [-0.3, -0.25) is 4.79 Å². The Morgan fingerprint density at radius 3 is 2.41 bits per heavy atom. The molecule has 34 heavy (non-hydrogen) atoms. The topological polar surface area (TPSA) is 124 Å². The molecule has 184 valence electrons. The van der Waals surface area contributed by atoms with Gasteiger partial charge in [0.05, 0.1) is 13.2 Å². The van der Waals surface area contributed by atoms with Gasteiger partial charge in [0.15, 0.2) is 6.29 Å². The fraction of sp³-hybridized carbons (Fsp3) is 0.560. The largest absolute Gasteiger partial charge is 0.400 e. The Bertz CT molecular complexity index is 952. The minimum absolute atomic E-state index is 0.0121. The maximum atomic E-state index is 11.7. The van der Waals surface area contributed by atoms with E-state index in [0.717, 1.165) is 56.0 Å². The molecule has 9 nitrogen and oxygen atoms in total. The van der Waals surface area contributed by atoms with Gasteiger partial charge in [0.25, 0.3) is 0 Å². The molecule has 0 unspecified atom stereocenters. The fourth-order valence-corrected chi connectivity index (χ4v) is 4.35. The van der Waals surface area contributed by atoms with Crippen molar-refractivity contribution in [3.8, 4) is 11.1 Å². The molecular weight excluding hydrogens is 432 g/mol. The quantitative estimate of drug-likeness (QED) is 0.416. The number of hydrogen-bond donors (Lipinski definition) is 3. The van der Waals surface area contributed by atoms with Crippen molar-refractivity contribution in [2.75, 3.05) is 43.6 Å². The number of pyridine rings is 1. The van der Waals surface area contributed by atoms with Crippen LogP contribution in [-0.2, 0) is 4.74 Å². The fourth-order valence-electron chi connectivity index (χ4n) is 4.35. The Morgan fingerprint density at radius 1 is 1.18 bits per heavy atom. The first-order valence-corrected chi connectivity index (χ1v) is 12.0. The van der Waals surface area contributed by atoms with Crippen molar-refractivity contribution in [3.05, 3.63) is 29.7 Å². The lowest BCUT2D eigenvalue weighted by atomic mass is 9.91. The second kappa shape index (κ2) is 12.5. The number of morpholine rings is 1. The maximum absolute atomic E-state index is 11.7. The van der Waals surface area contributed by atoms with Crippen molar-refractivity contribution >= 4 is 23.8 Å². The molecule has 1 aliphatic carbocycles. The minimum Gasteiger partial charge on any atom is -0.400 e. The number of hydrogen-bond acceptors (Lipinski definition) is 9. The first-order valence-electron chi connectivity index (χ1n) is 12.0. The van der Waals surface area contributed by atoms with Crippen LogP contribution < -0.4 is 10.2 Å². The maximum Gasteiger partial charge on any atom is 0.225 e. The van der Waals surface area contributed by atoms with Gasteiger partial charge in [-0.1, -0.05) is 33.1 Å². The number of carbonyl (C=O) groups excluding carboxylic acids is 1. The van der Waals surface area contributed by atoms with Crippen molar-refractivity contribution in [3.63, 3.8) is 0 Å². The Hall–Kier alpha value is -2.91. The molecule has 0 amide bonds. The molecule has 0 atom stereocenters. The summed E-state index contributed by atoms with van der Waals surface area (Å²) in [5, 5.41) is 19.4. The van der Waals surface area contributed by atoms with E-state index in [1.54, 1.807) is 18.5 Å². The monoisotopic (exact) mass is 468 g/mol. The molecule has 2 aromatic rings. The van der Waals surface area contributed by atoms with E-state index in [-0.39, 0.29) is 5.92 Å². The number of nitrogens with zero attached hydrogens (tertiary/aromatic N) is 4. The first-order chi connectivity index (χ1) is 16.6. The number of ether oxygens (including phenoxy) is 1. The van der Waals surface area contributed by atoms with Crippen LogP contribution in [0.1, 0.15) is 62.0 Å². The second-order valence-electron chi connectivity index (χ2n) is 8.85. The van der Waals surface area contributed by atoms with Crippen LogP contribution in [0.2, 0.25) is 0 Å². The zero-order valence-electron chi connectivity index (χ0n) is 20.4. The lowest BCUT2D eigenvalue weighted by Gasteiger charge is -2.27. The zero-order valence-corrected chi connectivity index (χ0v) is 20.4. The van der Waals surface area contributed by atoms with Crippen LogP contribution in [0.3, 0.4) is 0 Å². The summed E-state index contributed by atoms with van der Waals surface area (Å²) in [6, 6.07) is 2.06. The summed E-state index contributed by atoms with van der Waals surface area (Å²) in [6.07, 6.45) is 10.1. The molecule has 3 heterocycles. The Morgan fingerprint density at radius 2 is 1.82 bits per heavy atom. The van der Waals surface area contributed by atoms with Crippen LogP contribution >= 0.6 is 0 Å². The molecule has 0 bridgehead atoms. The van der Waals surface area contributed by atoms with Crippen molar-refractivity contribution in [1.82, 2.24) is 15.0 Å². The van der Waals surface area contributed by atoms with Crippen molar-refractivity contribution < 1.29 is 14.6 Å². The van der Waals surface area contributed by atoms with Crippen LogP contribution in [0.5, 0.6) is 0 Å². The summed E-state index contributed by atoms with van der Waals surface area (Å²) >= 11 is 0. The van der Waals surface area contributed by atoms with E-state index in [1.807, 2.05) is 13.8 Å². The third kappa shape index (κ3) is 6.15. The zero-order chi connectivity index (χ0) is 24.5. The van der Waals surface area contributed by atoms with Crippen LogP contribution in [0, 0.1) is 11.3 Å². The van der Waals surface area contributed by atoms with Gasteiger partial charge >= 0.3 is 0 Å². The van der Waals surface area contributed by atoms with Gasteiger partial charge in [-0.25, -0.2) is 15.0 Å². The highest BCUT2D eigenvalue weighted by atomic mass is 16.5. The molecule has 0 spiro atoms. The highest BCUT2D eigenvalue weighted by Crippen LogP contribution is 2.32. The molecule has 2 aromatic heterocycles. The Labute approximate surface area is 201 Å². The summed E-state index contributed by atoms with van der Waals surface area (Å²) in [5.74, 6) is 1.30. The van der Waals surface area contributed by atoms with Gasteiger partial charge in [-0.15, -0.1) is 0 Å². The minimum atomic E-state index is 0.0121. The highest BCUT2D eigenvalue weighted by Gasteiger charge is 2.23. The van der Waals surface area contributed by atoms with Gasteiger partial charge in [0, 0.05) is 55.5 Å². The summed E-state index contributed by atoms with van der Waals surface area (Å²) in [7, 11) is 1.00. The lowest BCUT2D eigenvalue weighted by molar-refractivity contribution is 0.111. The third-order valence-electron chi connectivity index (χ3n) is 6.20. The van der Waals surface area contributed by atoms with Crippen LogP contribution in [0.4, 0.5) is 11.8 Å². The van der Waals surface area contributed by atoms with Crippen molar-refractivity contribution in [1.29, 1.82) is 5.41 Å². The first kappa shape index (κ1) is 25.7. The predicted molar refractivity (Wildman–Crippen MR) is 134 cm³/mol. The van der Waals surface area contributed by atoms with Gasteiger partial charge in [0.1, 0.15) is 11.5 Å². The van der Waals surface area contributed by atoms with E-state index in [4.69, 9.17) is 15.3 Å². The molecule has 0 aromatic carbocycles. The number of aliphatic hydroxyl groups excluding tert-OH is 1. The lowest BCUT2D eigenvalue weighted by Crippen LogP contribution is -2.37.